The molecule has 4 heteroatoms. The maximum atomic E-state index is 11.0. The lowest BCUT2D eigenvalue weighted by molar-refractivity contribution is -0.134. The minimum atomic E-state index is -0.406. The maximum Gasteiger partial charge on any atom is 0.330 e. The summed E-state index contributed by atoms with van der Waals surface area (Å²) >= 11 is 0. The molecule has 0 fully saturated rings. The molecule has 0 atom stereocenters. The monoisotopic (exact) mass is 234 g/mol. The van der Waals surface area contributed by atoms with Crippen LogP contribution in [0, 0.1) is 13.8 Å². The Balaban J connectivity index is 3.05. The normalized spacial score (nSPS) is 10.3. The summed E-state index contributed by atoms with van der Waals surface area (Å²) in [5, 5.41) is 0. The maximum absolute atomic E-state index is 11.0. The number of hydrogen-bond acceptors (Lipinski definition) is 4. The fourth-order valence-electron chi connectivity index (χ4n) is 1.54. The first-order valence-corrected chi connectivity index (χ1v) is 5.06. The molecule has 17 heavy (non-hydrogen) atoms. The smallest absolute Gasteiger partial charge is 0.330 e. The van der Waals surface area contributed by atoms with Gasteiger partial charge in [-0.15, -0.1) is 0 Å². The number of benzene rings is 1. The van der Waals surface area contributed by atoms with E-state index in [9.17, 15) is 9.59 Å². The van der Waals surface area contributed by atoms with Gasteiger partial charge in [0.05, 0.1) is 7.11 Å². The van der Waals surface area contributed by atoms with Crippen LogP contribution in [-0.2, 0) is 14.3 Å². The van der Waals surface area contributed by atoms with Gasteiger partial charge >= 0.3 is 5.97 Å². The Morgan fingerprint density at radius 3 is 2.29 bits per heavy atom. The molecule has 0 spiro atoms. The van der Waals surface area contributed by atoms with Crippen LogP contribution >= 0.6 is 0 Å². The first kappa shape index (κ1) is 13.0. The topological polar surface area (TPSA) is 52.6 Å². The van der Waals surface area contributed by atoms with Crippen molar-refractivity contribution in [3.63, 3.8) is 0 Å². The van der Waals surface area contributed by atoms with Gasteiger partial charge in [0.25, 0.3) is 6.47 Å². The van der Waals surface area contributed by atoms with Crippen molar-refractivity contribution in [2.24, 2.45) is 0 Å². The molecule has 0 bridgehead atoms. The third-order valence-electron chi connectivity index (χ3n) is 2.34. The Bertz CT molecular complexity index is 437. The van der Waals surface area contributed by atoms with E-state index in [-0.39, 0.29) is 0 Å². The zero-order valence-electron chi connectivity index (χ0n) is 10.0. The molecule has 0 saturated heterocycles. The summed E-state index contributed by atoms with van der Waals surface area (Å²) in [5.41, 5.74) is 2.75. The average molecular weight is 234 g/mol. The van der Waals surface area contributed by atoms with E-state index < -0.39 is 5.97 Å². The molecule has 0 aliphatic heterocycles. The van der Waals surface area contributed by atoms with Crippen molar-refractivity contribution in [1.29, 1.82) is 0 Å². The molecule has 1 aromatic rings. The van der Waals surface area contributed by atoms with E-state index in [0.29, 0.717) is 12.2 Å². The number of aryl methyl sites for hydroxylation is 2. The van der Waals surface area contributed by atoms with E-state index in [2.05, 4.69) is 4.74 Å². The highest BCUT2D eigenvalue weighted by molar-refractivity contribution is 5.87. The highest BCUT2D eigenvalue weighted by atomic mass is 16.5. The van der Waals surface area contributed by atoms with E-state index >= 15 is 0 Å². The summed E-state index contributed by atoms with van der Waals surface area (Å²) in [4.78, 5) is 21.2. The minimum absolute atomic E-state index is 0.387. The Morgan fingerprint density at radius 2 is 1.82 bits per heavy atom. The zero-order valence-corrected chi connectivity index (χ0v) is 10.0. The summed E-state index contributed by atoms with van der Waals surface area (Å²) in [7, 11) is 1.33. The molecule has 0 saturated carbocycles. The number of ether oxygens (including phenoxy) is 2. The van der Waals surface area contributed by atoms with Gasteiger partial charge in [-0.3, -0.25) is 4.79 Å². The van der Waals surface area contributed by atoms with Crippen LogP contribution in [-0.4, -0.2) is 19.6 Å². The van der Waals surface area contributed by atoms with Crippen LogP contribution in [0.4, 0.5) is 0 Å². The molecule has 0 amide bonds. The largest absolute Gasteiger partial charge is 0.466 e. The van der Waals surface area contributed by atoms with Gasteiger partial charge in [-0.05, 0) is 48.7 Å². The molecule has 4 nitrogen and oxygen atoms in total. The number of hydrogen-bond donors (Lipinski definition) is 0. The van der Waals surface area contributed by atoms with Crippen LogP contribution in [0.2, 0.25) is 0 Å². The second-order valence-electron chi connectivity index (χ2n) is 3.54. The molecular formula is C13H14O4. The van der Waals surface area contributed by atoms with Gasteiger partial charge in [0.15, 0.2) is 0 Å². The fourth-order valence-corrected chi connectivity index (χ4v) is 1.54. The number of carbonyl (C=O) groups is 2. The molecule has 90 valence electrons. The van der Waals surface area contributed by atoms with Crippen molar-refractivity contribution in [3.8, 4) is 5.75 Å². The van der Waals surface area contributed by atoms with Gasteiger partial charge in [-0.1, -0.05) is 0 Å². The second kappa shape index (κ2) is 5.84. The van der Waals surface area contributed by atoms with Crippen molar-refractivity contribution in [2.45, 2.75) is 13.8 Å². The number of esters is 1. The molecular weight excluding hydrogens is 220 g/mol. The van der Waals surface area contributed by atoms with Crippen molar-refractivity contribution in [1.82, 2.24) is 0 Å². The minimum Gasteiger partial charge on any atom is -0.466 e. The fraction of sp³-hybridized carbons (Fsp3) is 0.231. The standard InChI is InChI=1S/C13H14O4/c1-9-6-11(17-8-14)7-10(2)12(9)4-5-13(15)16-3/h4-8H,1-3H3. The van der Waals surface area contributed by atoms with Crippen LogP contribution in [0.5, 0.6) is 5.75 Å². The molecule has 0 aliphatic carbocycles. The van der Waals surface area contributed by atoms with Crippen molar-refractivity contribution < 1.29 is 19.1 Å². The third kappa shape index (κ3) is 3.45. The molecule has 0 aliphatic rings. The van der Waals surface area contributed by atoms with Crippen LogP contribution in [0.1, 0.15) is 16.7 Å². The SMILES string of the molecule is COC(=O)C=Cc1c(C)cc(OC=O)cc1C. The van der Waals surface area contributed by atoms with Gasteiger partial charge in [0, 0.05) is 6.08 Å². The van der Waals surface area contributed by atoms with Gasteiger partial charge < -0.3 is 9.47 Å². The van der Waals surface area contributed by atoms with E-state index in [0.717, 1.165) is 16.7 Å². The van der Waals surface area contributed by atoms with Crippen molar-refractivity contribution in [3.05, 3.63) is 34.9 Å². The Hall–Kier alpha value is -2.10. The molecule has 0 unspecified atom stereocenters. The van der Waals surface area contributed by atoms with E-state index in [4.69, 9.17) is 4.74 Å². The molecule has 1 aromatic carbocycles. The van der Waals surface area contributed by atoms with Gasteiger partial charge in [-0.2, -0.15) is 0 Å². The predicted octanol–water partition coefficient (Wildman–Crippen LogP) is 2.02. The summed E-state index contributed by atoms with van der Waals surface area (Å²) in [6.45, 7) is 4.14. The van der Waals surface area contributed by atoms with Crippen LogP contribution in [0.25, 0.3) is 6.08 Å². The van der Waals surface area contributed by atoms with E-state index in [1.807, 2.05) is 13.8 Å². The van der Waals surface area contributed by atoms with Crippen LogP contribution < -0.4 is 4.74 Å². The molecule has 0 radical (unpaired) electrons. The highest BCUT2D eigenvalue weighted by Crippen LogP contribution is 2.22. The van der Waals surface area contributed by atoms with E-state index in [1.54, 1.807) is 18.2 Å². The van der Waals surface area contributed by atoms with Gasteiger partial charge in [0.1, 0.15) is 5.75 Å². The highest BCUT2D eigenvalue weighted by Gasteiger charge is 2.04. The second-order valence-corrected chi connectivity index (χ2v) is 3.54. The molecule has 0 heterocycles. The predicted molar refractivity (Wildman–Crippen MR) is 63.7 cm³/mol. The van der Waals surface area contributed by atoms with Crippen LogP contribution in [0.3, 0.4) is 0 Å². The Morgan fingerprint density at radius 1 is 1.24 bits per heavy atom. The summed E-state index contributed by atoms with van der Waals surface area (Å²) in [5.74, 6) is 0.0854. The molecule has 0 aromatic heterocycles. The van der Waals surface area contributed by atoms with Crippen molar-refractivity contribution >= 4 is 18.5 Å². The zero-order chi connectivity index (χ0) is 12.8. The average Bonchev–Trinajstić information content (AvgIpc) is 2.28. The lowest BCUT2D eigenvalue weighted by Gasteiger charge is -2.07. The molecule has 0 N–H and O–H groups in total. The lowest BCUT2D eigenvalue weighted by Crippen LogP contribution is -1.96. The van der Waals surface area contributed by atoms with Gasteiger partial charge in [-0.25, -0.2) is 4.79 Å². The summed E-state index contributed by atoms with van der Waals surface area (Å²) in [6, 6.07) is 3.47. The summed E-state index contributed by atoms with van der Waals surface area (Å²) < 4.78 is 9.29. The lowest BCUT2D eigenvalue weighted by atomic mass is 10.0. The van der Waals surface area contributed by atoms with Crippen molar-refractivity contribution in [2.75, 3.05) is 7.11 Å². The third-order valence-corrected chi connectivity index (χ3v) is 2.34. The van der Waals surface area contributed by atoms with Gasteiger partial charge in [0.2, 0.25) is 0 Å². The Labute approximate surface area is 99.8 Å². The first-order chi connectivity index (χ1) is 8.08. The number of methoxy groups -OCH3 is 1. The Kier molecular flexibility index (Phi) is 4.46. The first-order valence-electron chi connectivity index (χ1n) is 5.06. The van der Waals surface area contributed by atoms with E-state index in [1.165, 1.54) is 13.2 Å². The number of carbonyl (C=O) groups excluding carboxylic acids is 2. The molecule has 1 rings (SSSR count). The summed E-state index contributed by atoms with van der Waals surface area (Å²) in [6.07, 6.45) is 3.04. The quantitative estimate of drug-likeness (QED) is 0.454. The van der Waals surface area contributed by atoms with Crippen LogP contribution in [0.15, 0.2) is 18.2 Å². The number of rotatable bonds is 4.